The van der Waals surface area contributed by atoms with Crippen LogP contribution >= 0.6 is 23.2 Å². The molecular formula is C13H16Cl2N2O. The maximum Gasteiger partial charge on any atom is 0.252 e. The van der Waals surface area contributed by atoms with Crippen molar-refractivity contribution >= 4 is 34.8 Å². The number of amides is 1. The Morgan fingerprint density at radius 1 is 1.44 bits per heavy atom. The highest BCUT2D eigenvalue weighted by Gasteiger charge is 2.32. The van der Waals surface area contributed by atoms with E-state index in [2.05, 4.69) is 12.2 Å². The minimum Gasteiger partial charge on any atom is -0.399 e. The highest BCUT2D eigenvalue weighted by Crippen LogP contribution is 2.39. The van der Waals surface area contributed by atoms with Crippen molar-refractivity contribution in [2.75, 3.05) is 12.3 Å². The second-order valence-corrected chi connectivity index (χ2v) is 6.00. The summed E-state index contributed by atoms with van der Waals surface area (Å²) in [6, 6.07) is 3.08. The normalized spacial score (nSPS) is 17.1. The molecule has 98 valence electrons. The van der Waals surface area contributed by atoms with Crippen molar-refractivity contribution in [2.45, 2.75) is 26.2 Å². The van der Waals surface area contributed by atoms with E-state index in [1.807, 2.05) is 0 Å². The molecule has 3 nitrogen and oxygen atoms in total. The summed E-state index contributed by atoms with van der Waals surface area (Å²) in [5.74, 6) is -0.220. The Bertz CT molecular complexity index is 484. The lowest BCUT2D eigenvalue weighted by Crippen LogP contribution is -2.40. The molecule has 18 heavy (non-hydrogen) atoms. The van der Waals surface area contributed by atoms with Crippen LogP contribution in [-0.2, 0) is 0 Å². The fourth-order valence-corrected chi connectivity index (χ4v) is 2.54. The molecule has 1 fully saturated rings. The summed E-state index contributed by atoms with van der Waals surface area (Å²) < 4.78 is 0. The number of halogens is 2. The Hall–Kier alpha value is -0.930. The van der Waals surface area contributed by atoms with Crippen LogP contribution < -0.4 is 11.1 Å². The van der Waals surface area contributed by atoms with E-state index in [1.165, 1.54) is 12.5 Å². The first-order chi connectivity index (χ1) is 8.41. The molecule has 0 spiro atoms. The predicted octanol–water partition coefficient (Wildman–Crippen LogP) is 3.50. The van der Waals surface area contributed by atoms with E-state index >= 15 is 0 Å². The van der Waals surface area contributed by atoms with Crippen molar-refractivity contribution in [1.82, 2.24) is 5.32 Å². The zero-order valence-corrected chi connectivity index (χ0v) is 11.7. The van der Waals surface area contributed by atoms with Crippen molar-refractivity contribution in [3.63, 3.8) is 0 Å². The molecule has 0 unspecified atom stereocenters. The van der Waals surface area contributed by atoms with Gasteiger partial charge in [-0.25, -0.2) is 0 Å². The predicted molar refractivity (Wildman–Crippen MR) is 75.2 cm³/mol. The van der Waals surface area contributed by atoms with E-state index in [0.717, 1.165) is 12.8 Å². The monoisotopic (exact) mass is 286 g/mol. The molecule has 0 aromatic heterocycles. The van der Waals surface area contributed by atoms with E-state index in [1.54, 1.807) is 6.07 Å². The van der Waals surface area contributed by atoms with Gasteiger partial charge in [0.15, 0.2) is 0 Å². The lowest BCUT2D eigenvalue weighted by Gasteiger charge is -2.38. The van der Waals surface area contributed by atoms with E-state index in [9.17, 15) is 4.79 Å². The van der Waals surface area contributed by atoms with Gasteiger partial charge >= 0.3 is 0 Å². The standard InChI is InChI=1S/C13H16Cl2N2O/c1-13(3-2-4-13)7-17-12(18)9-5-8(16)6-10(14)11(9)15/h5-6H,2-4,7,16H2,1H3,(H,17,18). The third-order valence-electron chi connectivity index (χ3n) is 3.53. The zero-order chi connectivity index (χ0) is 13.3. The molecule has 0 heterocycles. The molecule has 5 heteroatoms. The Kier molecular flexibility index (Phi) is 3.74. The van der Waals surface area contributed by atoms with Crippen LogP contribution in [0.4, 0.5) is 5.69 Å². The maximum atomic E-state index is 12.0. The molecule has 1 aromatic carbocycles. The Morgan fingerprint density at radius 3 is 2.67 bits per heavy atom. The number of anilines is 1. The van der Waals surface area contributed by atoms with Crippen LogP contribution in [0.25, 0.3) is 0 Å². The summed E-state index contributed by atoms with van der Waals surface area (Å²) in [6.45, 7) is 2.83. The van der Waals surface area contributed by atoms with E-state index in [0.29, 0.717) is 22.8 Å². The summed E-state index contributed by atoms with van der Waals surface area (Å²) in [5.41, 5.74) is 6.66. The van der Waals surface area contributed by atoms with E-state index in [-0.39, 0.29) is 16.3 Å². The molecule has 1 aromatic rings. The Balaban J connectivity index is 2.09. The summed E-state index contributed by atoms with van der Waals surface area (Å²) >= 11 is 11.9. The lowest BCUT2D eigenvalue weighted by atomic mass is 9.70. The van der Waals surface area contributed by atoms with Gasteiger partial charge in [0.05, 0.1) is 15.6 Å². The topological polar surface area (TPSA) is 55.1 Å². The van der Waals surface area contributed by atoms with Crippen molar-refractivity contribution in [3.8, 4) is 0 Å². The van der Waals surface area contributed by atoms with Crippen molar-refractivity contribution in [1.29, 1.82) is 0 Å². The number of hydrogen-bond donors (Lipinski definition) is 2. The number of carbonyl (C=O) groups is 1. The fourth-order valence-electron chi connectivity index (χ4n) is 2.12. The molecule has 2 rings (SSSR count). The number of nitrogens with one attached hydrogen (secondary N) is 1. The Morgan fingerprint density at radius 2 is 2.11 bits per heavy atom. The molecule has 1 amide bonds. The van der Waals surface area contributed by atoms with Crippen LogP contribution in [0.1, 0.15) is 36.5 Å². The SMILES string of the molecule is CC1(CNC(=O)c2cc(N)cc(Cl)c2Cl)CCC1. The quantitative estimate of drug-likeness (QED) is 0.836. The molecule has 1 aliphatic carbocycles. The first-order valence-corrected chi connectivity index (χ1v) is 6.70. The number of nitrogen functional groups attached to an aromatic ring is 1. The van der Waals surface area contributed by atoms with Crippen LogP contribution in [0.3, 0.4) is 0 Å². The molecule has 1 saturated carbocycles. The summed E-state index contributed by atoms with van der Waals surface area (Å²) in [4.78, 5) is 12.0. The van der Waals surface area contributed by atoms with Gasteiger partial charge in [-0.15, -0.1) is 0 Å². The number of nitrogens with two attached hydrogens (primary N) is 1. The average Bonchev–Trinajstić information content (AvgIpc) is 2.28. The zero-order valence-electron chi connectivity index (χ0n) is 10.2. The first kappa shape index (κ1) is 13.5. The van der Waals surface area contributed by atoms with Gasteiger partial charge < -0.3 is 11.1 Å². The third kappa shape index (κ3) is 2.73. The minimum atomic E-state index is -0.220. The largest absolute Gasteiger partial charge is 0.399 e. The van der Waals surface area contributed by atoms with Crippen LogP contribution in [0.15, 0.2) is 12.1 Å². The average molecular weight is 287 g/mol. The number of hydrogen-bond acceptors (Lipinski definition) is 2. The molecule has 3 N–H and O–H groups in total. The lowest BCUT2D eigenvalue weighted by molar-refractivity contribution is 0.0891. The van der Waals surface area contributed by atoms with Crippen molar-refractivity contribution in [3.05, 3.63) is 27.7 Å². The van der Waals surface area contributed by atoms with Gasteiger partial charge in [-0.2, -0.15) is 0 Å². The third-order valence-corrected chi connectivity index (χ3v) is 4.33. The van der Waals surface area contributed by atoms with Crippen LogP contribution in [0, 0.1) is 5.41 Å². The van der Waals surface area contributed by atoms with Gasteiger partial charge in [-0.3, -0.25) is 4.79 Å². The van der Waals surface area contributed by atoms with Gasteiger partial charge in [-0.05, 0) is 30.4 Å². The van der Waals surface area contributed by atoms with Gasteiger partial charge in [0, 0.05) is 12.2 Å². The minimum absolute atomic E-state index is 0.220. The smallest absolute Gasteiger partial charge is 0.252 e. The summed E-state index contributed by atoms with van der Waals surface area (Å²) in [5, 5.41) is 3.45. The summed E-state index contributed by atoms with van der Waals surface area (Å²) in [6.07, 6.45) is 3.54. The molecule has 1 aliphatic rings. The molecule has 0 radical (unpaired) electrons. The van der Waals surface area contributed by atoms with Crippen LogP contribution in [-0.4, -0.2) is 12.5 Å². The number of carbonyl (C=O) groups excluding carboxylic acids is 1. The second-order valence-electron chi connectivity index (χ2n) is 5.21. The highest BCUT2D eigenvalue weighted by atomic mass is 35.5. The second kappa shape index (κ2) is 4.98. The van der Waals surface area contributed by atoms with E-state index < -0.39 is 0 Å². The molecule has 0 bridgehead atoms. The molecule has 0 saturated heterocycles. The summed E-state index contributed by atoms with van der Waals surface area (Å²) in [7, 11) is 0. The van der Waals surface area contributed by atoms with Crippen LogP contribution in [0.2, 0.25) is 10.0 Å². The number of benzene rings is 1. The molecule has 0 aliphatic heterocycles. The Labute approximate surface area is 117 Å². The van der Waals surface area contributed by atoms with Gasteiger partial charge in [0.2, 0.25) is 0 Å². The van der Waals surface area contributed by atoms with E-state index in [4.69, 9.17) is 28.9 Å². The molecular weight excluding hydrogens is 271 g/mol. The maximum absolute atomic E-state index is 12.0. The number of rotatable bonds is 3. The first-order valence-electron chi connectivity index (χ1n) is 5.94. The van der Waals surface area contributed by atoms with Crippen LogP contribution in [0.5, 0.6) is 0 Å². The van der Waals surface area contributed by atoms with Crippen molar-refractivity contribution < 1.29 is 4.79 Å². The van der Waals surface area contributed by atoms with Gasteiger partial charge in [0.25, 0.3) is 5.91 Å². The highest BCUT2D eigenvalue weighted by molar-refractivity contribution is 6.44. The molecule has 0 atom stereocenters. The van der Waals surface area contributed by atoms with Gasteiger partial charge in [0.1, 0.15) is 0 Å². The fraction of sp³-hybridized carbons (Fsp3) is 0.462. The van der Waals surface area contributed by atoms with Gasteiger partial charge in [-0.1, -0.05) is 36.5 Å². The van der Waals surface area contributed by atoms with Crippen molar-refractivity contribution in [2.24, 2.45) is 5.41 Å².